The van der Waals surface area contributed by atoms with Crippen LogP contribution in [0.1, 0.15) is 21.8 Å². The van der Waals surface area contributed by atoms with E-state index in [9.17, 15) is 9.90 Å². The molecule has 0 saturated carbocycles. The number of anilines is 1. The number of rotatable bonds is 4. The standard InChI is InChI=1S/C19H22ClN3O2/c1-22(2)19(25)14-5-8-18(21-9-14)23-10-15(12-24)17(11-23)13-3-6-16(20)7-4-13/h3-9,15,17,24H,10-12H2,1-2H3/t15-,17-/m0/s1. The molecule has 5 nitrogen and oxygen atoms in total. The lowest BCUT2D eigenvalue weighted by atomic mass is 9.90. The first kappa shape index (κ1) is 17.7. The van der Waals surface area contributed by atoms with Gasteiger partial charge >= 0.3 is 0 Å². The summed E-state index contributed by atoms with van der Waals surface area (Å²) >= 11 is 5.97. The lowest BCUT2D eigenvalue weighted by molar-refractivity contribution is 0.0827. The van der Waals surface area contributed by atoms with Gasteiger partial charge in [-0.25, -0.2) is 4.98 Å². The lowest BCUT2D eigenvalue weighted by Gasteiger charge is -2.18. The topological polar surface area (TPSA) is 56.7 Å². The zero-order valence-electron chi connectivity index (χ0n) is 14.4. The molecule has 6 heteroatoms. The van der Waals surface area contributed by atoms with E-state index in [0.29, 0.717) is 10.6 Å². The average Bonchev–Trinajstić information content (AvgIpc) is 3.06. The monoisotopic (exact) mass is 359 g/mol. The number of aliphatic hydroxyl groups excluding tert-OH is 1. The van der Waals surface area contributed by atoms with Gasteiger partial charge in [-0.2, -0.15) is 0 Å². The van der Waals surface area contributed by atoms with Crippen LogP contribution in [0.4, 0.5) is 5.82 Å². The highest BCUT2D eigenvalue weighted by molar-refractivity contribution is 6.30. The zero-order valence-corrected chi connectivity index (χ0v) is 15.1. The van der Waals surface area contributed by atoms with Crippen molar-refractivity contribution in [1.82, 2.24) is 9.88 Å². The fourth-order valence-corrected chi connectivity index (χ4v) is 3.41. The van der Waals surface area contributed by atoms with Crippen molar-refractivity contribution in [1.29, 1.82) is 0 Å². The molecule has 0 radical (unpaired) electrons. The van der Waals surface area contributed by atoms with E-state index >= 15 is 0 Å². The number of aromatic nitrogens is 1. The second kappa shape index (κ2) is 7.42. The highest BCUT2D eigenvalue weighted by atomic mass is 35.5. The number of aliphatic hydroxyl groups is 1. The van der Waals surface area contributed by atoms with Crippen LogP contribution >= 0.6 is 11.6 Å². The predicted octanol–water partition coefficient (Wildman–Crippen LogP) is 2.65. The van der Waals surface area contributed by atoms with Crippen molar-refractivity contribution in [2.24, 2.45) is 5.92 Å². The number of carbonyl (C=O) groups is 1. The molecule has 1 aliphatic rings. The maximum atomic E-state index is 12.0. The number of nitrogens with zero attached hydrogens (tertiary/aromatic N) is 3. The largest absolute Gasteiger partial charge is 0.396 e. The average molecular weight is 360 g/mol. The van der Waals surface area contributed by atoms with E-state index in [-0.39, 0.29) is 24.3 Å². The second-order valence-electron chi connectivity index (χ2n) is 6.61. The molecule has 1 aliphatic heterocycles. The third-order valence-electron chi connectivity index (χ3n) is 4.70. The van der Waals surface area contributed by atoms with Gasteiger partial charge in [0, 0.05) is 56.8 Å². The number of halogens is 1. The van der Waals surface area contributed by atoms with E-state index in [0.717, 1.165) is 18.9 Å². The van der Waals surface area contributed by atoms with Gasteiger partial charge in [0.1, 0.15) is 5.82 Å². The Bertz CT molecular complexity index is 731. The van der Waals surface area contributed by atoms with E-state index in [1.165, 1.54) is 10.5 Å². The van der Waals surface area contributed by atoms with Gasteiger partial charge in [-0.1, -0.05) is 23.7 Å². The number of amides is 1. The highest BCUT2D eigenvalue weighted by Gasteiger charge is 2.34. The summed E-state index contributed by atoms with van der Waals surface area (Å²) < 4.78 is 0. The molecule has 0 unspecified atom stereocenters. The van der Waals surface area contributed by atoms with Crippen LogP contribution in [0.3, 0.4) is 0 Å². The van der Waals surface area contributed by atoms with Crippen molar-refractivity contribution >= 4 is 23.3 Å². The Balaban J connectivity index is 1.77. The smallest absolute Gasteiger partial charge is 0.254 e. The van der Waals surface area contributed by atoms with Crippen molar-refractivity contribution in [2.75, 3.05) is 38.7 Å². The minimum absolute atomic E-state index is 0.0623. The van der Waals surface area contributed by atoms with Crippen LogP contribution < -0.4 is 4.90 Å². The van der Waals surface area contributed by atoms with E-state index in [2.05, 4.69) is 9.88 Å². The normalized spacial score (nSPS) is 19.9. The summed E-state index contributed by atoms with van der Waals surface area (Å²) in [6, 6.07) is 11.5. The van der Waals surface area contributed by atoms with Crippen LogP contribution in [0.5, 0.6) is 0 Å². The Labute approximate surface area is 152 Å². The minimum atomic E-state index is -0.0623. The van der Waals surface area contributed by atoms with Crippen LogP contribution in [0, 0.1) is 5.92 Å². The molecule has 25 heavy (non-hydrogen) atoms. The Kier molecular flexibility index (Phi) is 5.25. The molecule has 1 amide bonds. The zero-order chi connectivity index (χ0) is 18.0. The van der Waals surface area contributed by atoms with Gasteiger partial charge in [0.15, 0.2) is 0 Å². The number of carbonyl (C=O) groups excluding carboxylic acids is 1. The summed E-state index contributed by atoms with van der Waals surface area (Å²) in [5.74, 6) is 1.14. The van der Waals surface area contributed by atoms with Crippen molar-refractivity contribution in [3.8, 4) is 0 Å². The summed E-state index contributed by atoms with van der Waals surface area (Å²) in [6.45, 7) is 1.64. The lowest BCUT2D eigenvalue weighted by Crippen LogP contribution is -2.23. The van der Waals surface area contributed by atoms with Gasteiger partial charge in [0.05, 0.1) is 5.56 Å². The first-order valence-electron chi connectivity index (χ1n) is 8.28. The Morgan fingerprint density at radius 3 is 2.52 bits per heavy atom. The molecule has 1 N–H and O–H groups in total. The van der Waals surface area contributed by atoms with Crippen molar-refractivity contribution in [2.45, 2.75) is 5.92 Å². The molecule has 0 spiro atoms. The third kappa shape index (κ3) is 3.78. The van der Waals surface area contributed by atoms with E-state index in [1.807, 2.05) is 30.3 Å². The van der Waals surface area contributed by atoms with Crippen LogP contribution in [-0.2, 0) is 0 Å². The number of pyridine rings is 1. The summed E-state index contributed by atoms with van der Waals surface area (Å²) in [7, 11) is 3.44. The van der Waals surface area contributed by atoms with Gasteiger partial charge < -0.3 is 14.9 Å². The van der Waals surface area contributed by atoms with Crippen LogP contribution in [0.2, 0.25) is 5.02 Å². The molecule has 0 bridgehead atoms. The number of hydrogen-bond acceptors (Lipinski definition) is 4. The quantitative estimate of drug-likeness (QED) is 0.911. The minimum Gasteiger partial charge on any atom is -0.396 e. The number of hydrogen-bond donors (Lipinski definition) is 1. The predicted molar refractivity (Wildman–Crippen MR) is 99.2 cm³/mol. The van der Waals surface area contributed by atoms with Crippen molar-refractivity contribution < 1.29 is 9.90 Å². The molecule has 2 heterocycles. The molecular weight excluding hydrogens is 338 g/mol. The summed E-state index contributed by atoms with van der Waals surface area (Å²) in [5.41, 5.74) is 1.74. The first-order valence-corrected chi connectivity index (χ1v) is 8.66. The van der Waals surface area contributed by atoms with Crippen molar-refractivity contribution in [3.05, 3.63) is 58.7 Å². The molecular formula is C19H22ClN3O2. The maximum absolute atomic E-state index is 12.0. The number of benzene rings is 1. The molecule has 1 fully saturated rings. The molecule has 2 aromatic rings. The fraction of sp³-hybridized carbons (Fsp3) is 0.368. The van der Waals surface area contributed by atoms with Gasteiger partial charge in [-0.15, -0.1) is 0 Å². The van der Waals surface area contributed by atoms with Crippen LogP contribution in [-0.4, -0.2) is 54.7 Å². The molecule has 132 valence electrons. The Morgan fingerprint density at radius 1 is 1.24 bits per heavy atom. The SMILES string of the molecule is CN(C)C(=O)c1ccc(N2C[C@@H](CO)[C@H](c3ccc(Cl)cc3)C2)nc1. The maximum Gasteiger partial charge on any atom is 0.254 e. The van der Waals surface area contributed by atoms with Crippen molar-refractivity contribution in [3.63, 3.8) is 0 Å². The van der Waals surface area contributed by atoms with E-state index < -0.39 is 0 Å². The highest BCUT2D eigenvalue weighted by Crippen LogP contribution is 2.35. The molecule has 0 aliphatic carbocycles. The first-order chi connectivity index (χ1) is 12.0. The molecule has 1 aromatic heterocycles. The molecule has 1 saturated heterocycles. The van der Waals surface area contributed by atoms with Gasteiger partial charge in [0.25, 0.3) is 5.91 Å². The Morgan fingerprint density at radius 2 is 1.96 bits per heavy atom. The van der Waals surface area contributed by atoms with E-state index in [4.69, 9.17) is 11.6 Å². The third-order valence-corrected chi connectivity index (χ3v) is 4.95. The van der Waals surface area contributed by atoms with Gasteiger partial charge in [-0.3, -0.25) is 4.79 Å². The summed E-state index contributed by atoms with van der Waals surface area (Å²) in [6.07, 6.45) is 1.61. The van der Waals surface area contributed by atoms with Gasteiger partial charge in [0.2, 0.25) is 0 Å². The molecule has 3 rings (SSSR count). The van der Waals surface area contributed by atoms with Crippen LogP contribution in [0.15, 0.2) is 42.6 Å². The van der Waals surface area contributed by atoms with E-state index in [1.54, 1.807) is 26.4 Å². The Hall–Kier alpha value is -2.11. The summed E-state index contributed by atoms with van der Waals surface area (Å²) in [5, 5.41) is 10.5. The second-order valence-corrected chi connectivity index (χ2v) is 7.05. The molecule has 1 aromatic carbocycles. The summed E-state index contributed by atoms with van der Waals surface area (Å²) in [4.78, 5) is 20.1. The fourth-order valence-electron chi connectivity index (χ4n) is 3.29. The molecule has 2 atom stereocenters. The van der Waals surface area contributed by atoms with Crippen LogP contribution in [0.25, 0.3) is 0 Å². The van der Waals surface area contributed by atoms with Gasteiger partial charge in [-0.05, 0) is 29.8 Å².